The van der Waals surface area contributed by atoms with E-state index in [-0.39, 0.29) is 12.2 Å². The van der Waals surface area contributed by atoms with Crippen molar-refractivity contribution in [2.45, 2.75) is 32.3 Å². The molecule has 0 unspecified atom stereocenters. The molecule has 0 bridgehead atoms. The van der Waals surface area contributed by atoms with Crippen LogP contribution in [0.15, 0.2) is 0 Å². The molecule has 11 heavy (non-hydrogen) atoms. The van der Waals surface area contributed by atoms with Gasteiger partial charge in [-0.25, -0.2) is 0 Å². The fraction of sp³-hybridized carbons (Fsp3) is 1.00. The fourth-order valence-electron chi connectivity index (χ4n) is 0.687. The van der Waals surface area contributed by atoms with Crippen LogP contribution in [0.2, 0.25) is 0 Å². The van der Waals surface area contributed by atoms with E-state index in [1.807, 2.05) is 0 Å². The third-order valence-electron chi connectivity index (χ3n) is 1.19. The van der Waals surface area contributed by atoms with Crippen molar-refractivity contribution in [1.29, 1.82) is 0 Å². The Morgan fingerprint density at radius 3 is 2.09 bits per heavy atom. The molecule has 5 heteroatoms. The highest BCUT2D eigenvalue weighted by Gasteiger charge is 2.13. The maximum Gasteiger partial charge on any atom is 0.264 e. The lowest BCUT2D eigenvalue weighted by atomic mass is 10.0. The van der Waals surface area contributed by atoms with Crippen LogP contribution in [0.1, 0.15) is 26.7 Å². The topological polar surface area (TPSA) is 74.6 Å². The molecular formula is C6H14O4S. The average molecular weight is 182 g/mol. The van der Waals surface area contributed by atoms with Gasteiger partial charge in [-0.1, -0.05) is 0 Å². The van der Waals surface area contributed by atoms with Gasteiger partial charge < -0.3 is 5.11 Å². The number of hydrogen-bond donors (Lipinski definition) is 2. The Morgan fingerprint density at radius 2 is 1.82 bits per heavy atom. The van der Waals surface area contributed by atoms with Crippen LogP contribution >= 0.6 is 0 Å². The van der Waals surface area contributed by atoms with Crippen molar-refractivity contribution in [3.63, 3.8) is 0 Å². The minimum absolute atomic E-state index is 0.280. The van der Waals surface area contributed by atoms with Gasteiger partial charge in [-0.15, -0.1) is 0 Å². The van der Waals surface area contributed by atoms with Crippen LogP contribution in [0.4, 0.5) is 0 Å². The SMILES string of the molecule is CC(C)(O)CCCS(=O)(=O)O. The van der Waals surface area contributed by atoms with Crippen LogP contribution in [-0.4, -0.2) is 29.4 Å². The van der Waals surface area contributed by atoms with Crippen molar-refractivity contribution in [3.8, 4) is 0 Å². The largest absolute Gasteiger partial charge is 0.390 e. The molecule has 0 spiro atoms. The van der Waals surface area contributed by atoms with E-state index in [4.69, 9.17) is 9.66 Å². The number of rotatable bonds is 4. The van der Waals surface area contributed by atoms with Crippen LogP contribution in [0.5, 0.6) is 0 Å². The Labute approximate surface area is 67.0 Å². The minimum Gasteiger partial charge on any atom is -0.390 e. The third kappa shape index (κ3) is 9.87. The number of hydrogen-bond acceptors (Lipinski definition) is 3. The van der Waals surface area contributed by atoms with Crippen molar-refractivity contribution in [3.05, 3.63) is 0 Å². The van der Waals surface area contributed by atoms with E-state index >= 15 is 0 Å². The van der Waals surface area contributed by atoms with E-state index in [0.717, 1.165) is 0 Å². The summed E-state index contributed by atoms with van der Waals surface area (Å²) in [7, 11) is -3.86. The van der Waals surface area contributed by atoms with Crippen molar-refractivity contribution in [2.75, 3.05) is 5.75 Å². The van der Waals surface area contributed by atoms with Crippen molar-refractivity contribution in [2.24, 2.45) is 0 Å². The summed E-state index contributed by atoms with van der Waals surface area (Å²) in [6, 6.07) is 0. The molecule has 0 aliphatic rings. The molecule has 0 amide bonds. The van der Waals surface area contributed by atoms with Crippen LogP contribution in [-0.2, 0) is 10.1 Å². The molecule has 0 aromatic carbocycles. The molecule has 0 rings (SSSR count). The molecule has 0 saturated heterocycles. The van der Waals surface area contributed by atoms with E-state index in [1.54, 1.807) is 13.8 Å². The minimum atomic E-state index is -3.86. The highest BCUT2D eigenvalue weighted by Crippen LogP contribution is 2.10. The Bertz CT molecular complexity index is 199. The van der Waals surface area contributed by atoms with Gasteiger partial charge in [0.25, 0.3) is 10.1 Å². The first-order valence-electron chi connectivity index (χ1n) is 3.38. The first kappa shape index (κ1) is 10.9. The normalized spacial score (nSPS) is 13.5. The molecule has 2 N–H and O–H groups in total. The van der Waals surface area contributed by atoms with Gasteiger partial charge in [-0.05, 0) is 26.7 Å². The van der Waals surface area contributed by atoms with Gasteiger partial charge in [-0.3, -0.25) is 4.55 Å². The Balaban J connectivity index is 3.61. The van der Waals surface area contributed by atoms with Gasteiger partial charge >= 0.3 is 0 Å². The second-order valence-electron chi connectivity index (χ2n) is 3.20. The van der Waals surface area contributed by atoms with E-state index < -0.39 is 15.7 Å². The summed E-state index contributed by atoms with van der Waals surface area (Å²) < 4.78 is 28.7. The van der Waals surface area contributed by atoms with Crippen LogP contribution in [0.3, 0.4) is 0 Å². The maximum absolute atomic E-state index is 10.2. The average Bonchev–Trinajstić information content (AvgIpc) is 1.55. The smallest absolute Gasteiger partial charge is 0.264 e. The van der Waals surface area contributed by atoms with Crippen LogP contribution < -0.4 is 0 Å². The molecule has 0 aromatic rings. The van der Waals surface area contributed by atoms with Crippen molar-refractivity contribution < 1.29 is 18.1 Å². The summed E-state index contributed by atoms with van der Waals surface area (Å²) in [6.45, 7) is 3.19. The quantitative estimate of drug-likeness (QED) is 0.618. The predicted octanol–water partition coefficient (Wildman–Crippen LogP) is 0.425. The van der Waals surface area contributed by atoms with E-state index in [0.29, 0.717) is 6.42 Å². The summed E-state index contributed by atoms with van der Waals surface area (Å²) in [4.78, 5) is 0. The van der Waals surface area contributed by atoms with E-state index in [1.165, 1.54) is 0 Å². The molecule has 0 aromatic heterocycles. The molecule has 68 valence electrons. The molecule has 0 saturated carbocycles. The zero-order valence-electron chi connectivity index (χ0n) is 6.74. The van der Waals surface area contributed by atoms with Gasteiger partial charge in [0.15, 0.2) is 0 Å². The van der Waals surface area contributed by atoms with Gasteiger partial charge in [0.1, 0.15) is 0 Å². The van der Waals surface area contributed by atoms with Gasteiger partial charge in [0, 0.05) is 0 Å². The summed E-state index contributed by atoms with van der Waals surface area (Å²) >= 11 is 0. The molecule has 0 radical (unpaired) electrons. The van der Waals surface area contributed by atoms with Gasteiger partial charge in [0.2, 0.25) is 0 Å². The molecular weight excluding hydrogens is 168 g/mol. The first-order chi connectivity index (χ1) is 4.71. The van der Waals surface area contributed by atoms with E-state index in [9.17, 15) is 8.42 Å². The lowest BCUT2D eigenvalue weighted by Crippen LogP contribution is -2.19. The zero-order chi connectivity index (χ0) is 9.12. The lowest BCUT2D eigenvalue weighted by molar-refractivity contribution is 0.0704. The fourth-order valence-corrected chi connectivity index (χ4v) is 1.20. The molecule has 0 atom stereocenters. The highest BCUT2D eigenvalue weighted by atomic mass is 32.2. The van der Waals surface area contributed by atoms with Crippen LogP contribution in [0.25, 0.3) is 0 Å². The monoisotopic (exact) mass is 182 g/mol. The summed E-state index contributed by atoms with van der Waals surface area (Å²) in [5, 5.41) is 9.14. The molecule has 4 nitrogen and oxygen atoms in total. The predicted molar refractivity (Wildman–Crippen MR) is 41.9 cm³/mol. The molecule has 0 aliphatic heterocycles. The van der Waals surface area contributed by atoms with Crippen LogP contribution in [0, 0.1) is 0 Å². The van der Waals surface area contributed by atoms with Gasteiger partial charge in [-0.2, -0.15) is 8.42 Å². The summed E-state index contributed by atoms with van der Waals surface area (Å²) in [5.41, 5.74) is -0.856. The Hall–Kier alpha value is -0.130. The Morgan fingerprint density at radius 1 is 1.36 bits per heavy atom. The molecule has 0 aliphatic carbocycles. The second kappa shape index (κ2) is 3.51. The molecule has 0 fully saturated rings. The van der Waals surface area contributed by atoms with Crippen molar-refractivity contribution >= 4 is 10.1 Å². The lowest BCUT2D eigenvalue weighted by Gasteiger charge is -2.15. The standard InChI is InChI=1S/C6H14O4S/c1-6(2,7)4-3-5-11(8,9)10/h7H,3-5H2,1-2H3,(H,8,9,10). The Kier molecular flexibility index (Phi) is 3.47. The number of aliphatic hydroxyl groups is 1. The third-order valence-corrected chi connectivity index (χ3v) is 2.00. The van der Waals surface area contributed by atoms with E-state index in [2.05, 4.69) is 0 Å². The second-order valence-corrected chi connectivity index (χ2v) is 4.77. The zero-order valence-corrected chi connectivity index (χ0v) is 7.56. The summed E-state index contributed by atoms with van der Waals surface area (Å²) in [5.74, 6) is -0.281. The highest BCUT2D eigenvalue weighted by molar-refractivity contribution is 7.85. The molecule has 0 heterocycles. The first-order valence-corrected chi connectivity index (χ1v) is 4.99. The maximum atomic E-state index is 10.2. The van der Waals surface area contributed by atoms with Gasteiger partial charge in [0.05, 0.1) is 11.4 Å². The van der Waals surface area contributed by atoms with Crippen molar-refractivity contribution in [1.82, 2.24) is 0 Å². The summed E-state index contributed by atoms with van der Waals surface area (Å²) in [6.07, 6.45) is 0.648.